The first-order chi connectivity index (χ1) is 9.58. The van der Waals surface area contributed by atoms with Crippen molar-refractivity contribution in [3.05, 3.63) is 10.9 Å². The maximum Gasteiger partial charge on any atom is 0.407 e. The number of hydrogen-bond acceptors (Lipinski definition) is 5. The van der Waals surface area contributed by atoms with Gasteiger partial charge >= 0.3 is 6.09 Å². The molecule has 0 atom stereocenters. The summed E-state index contributed by atoms with van der Waals surface area (Å²) in [5.74, 6) is 0.385. The zero-order chi connectivity index (χ0) is 14.3. The van der Waals surface area contributed by atoms with Gasteiger partial charge in [-0.1, -0.05) is 0 Å². The van der Waals surface area contributed by atoms with Gasteiger partial charge in [-0.3, -0.25) is 0 Å². The summed E-state index contributed by atoms with van der Waals surface area (Å²) in [4.78, 5) is 20.5. The summed E-state index contributed by atoms with van der Waals surface area (Å²) < 4.78 is 2.43. The fourth-order valence-electron chi connectivity index (χ4n) is 2.51. The minimum atomic E-state index is -0.874. The number of hydrogen-bond donors (Lipinski definition) is 2. The first kappa shape index (κ1) is 13.1. The van der Waals surface area contributed by atoms with Gasteiger partial charge in [0.2, 0.25) is 0 Å². The molecule has 106 valence electrons. The van der Waals surface area contributed by atoms with Crippen LogP contribution in [0.1, 0.15) is 18.9 Å². The molecule has 0 saturated carbocycles. The molecule has 9 heteroatoms. The Bertz CT molecular complexity index is 664. The number of nitrogen functional groups attached to an aromatic ring is 1. The minimum absolute atomic E-state index is 0.119. The highest BCUT2D eigenvalue weighted by Crippen LogP contribution is 2.31. The van der Waals surface area contributed by atoms with Gasteiger partial charge < -0.3 is 15.7 Å². The molecule has 0 radical (unpaired) electrons. The van der Waals surface area contributed by atoms with E-state index in [0.717, 1.165) is 0 Å². The van der Waals surface area contributed by atoms with E-state index in [9.17, 15) is 4.79 Å². The Balaban J connectivity index is 1.92. The Morgan fingerprint density at radius 3 is 2.75 bits per heavy atom. The molecule has 2 aromatic rings. The monoisotopic (exact) mass is 340 g/mol. The smallest absolute Gasteiger partial charge is 0.407 e. The largest absolute Gasteiger partial charge is 0.465 e. The lowest BCUT2D eigenvalue weighted by Gasteiger charge is -2.30. The molecule has 20 heavy (non-hydrogen) atoms. The van der Waals surface area contributed by atoms with Crippen LogP contribution in [0.5, 0.6) is 0 Å². The number of anilines is 1. The first-order valence-corrected chi connectivity index (χ1v) is 6.99. The lowest BCUT2D eigenvalue weighted by atomic mass is 10.1. The van der Waals surface area contributed by atoms with Crippen LogP contribution in [0.25, 0.3) is 11.0 Å². The van der Waals surface area contributed by atoms with E-state index in [0.29, 0.717) is 47.4 Å². The van der Waals surface area contributed by atoms with Gasteiger partial charge in [-0.05, 0) is 28.8 Å². The van der Waals surface area contributed by atoms with E-state index >= 15 is 0 Å². The highest BCUT2D eigenvalue weighted by Gasteiger charge is 2.26. The maximum absolute atomic E-state index is 10.9. The van der Waals surface area contributed by atoms with Gasteiger partial charge in [-0.15, -0.1) is 0 Å². The Morgan fingerprint density at radius 1 is 1.40 bits per heavy atom. The number of fused-ring (bicyclic) bond motifs is 1. The molecule has 1 amide bonds. The number of rotatable bonds is 1. The van der Waals surface area contributed by atoms with Crippen molar-refractivity contribution >= 4 is 38.9 Å². The molecule has 8 nitrogen and oxygen atoms in total. The zero-order valence-electron chi connectivity index (χ0n) is 10.5. The molecular weight excluding hydrogens is 328 g/mol. The quantitative estimate of drug-likeness (QED) is 0.813. The molecule has 1 aliphatic heterocycles. The van der Waals surface area contributed by atoms with E-state index in [1.807, 2.05) is 4.68 Å². The number of piperidine rings is 1. The third kappa shape index (κ3) is 2.07. The van der Waals surface area contributed by atoms with Crippen molar-refractivity contribution < 1.29 is 9.90 Å². The third-order valence-corrected chi connectivity index (χ3v) is 4.11. The average Bonchev–Trinajstić information content (AvgIpc) is 2.77. The van der Waals surface area contributed by atoms with Crippen LogP contribution in [-0.4, -0.2) is 48.9 Å². The summed E-state index contributed by atoms with van der Waals surface area (Å²) in [6.45, 7) is 0.999. The number of halogens is 1. The number of aromatic nitrogens is 4. The summed E-state index contributed by atoms with van der Waals surface area (Å²) in [5, 5.41) is 14.1. The van der Waals surface area contributed by atoms with Crippen LogP contribution in [-0.2, 0) is 0 Å². The summed E-state index contributed by atoms with van der Waals surface area (Å²) >= 11 is 3.37. The molecular formula is C11H13BrN6O2. The van der Waals surface area contributed by atoms with Gasteiger partial charge in [0.05, 0.1) is 11.4 Å². The first-order valence-electron chi connectivity index (χ1n) is 6.20. The number of amides is 1. The standard InChI is InChI=1S/C11H13BrN6O2/c12-8-7-9(13)14-5-15-10(7)18(16-8)6-1-3-17(4-2-6)11(19)20/h5-6H,1-4H2,(H,19,20)(H2,13,14,15). The number of likely N-dealkylation sites (tertiary alicyclic amines) is 1. The summed E-state index contributed by atoms with van der Waals surface area (Å²) in [7, 11) is 0. The number of carboxylic acid groups (broad SMARTS) is 1. The fraction of sp³-hybridized carbons (Fsp3) is 0.455. The van der Waals surface area contributed by atoms with Gasteiger partial charge in [-0.25, -0.2) is 19.4 Å². The van der Waals surface area contributed by atoms with Gasteiger partial charge in [0, 0.05) is 13.1 Å². The molecule has 1 aliphatic rings. The molecule has 0 bridgehead atoms. The number of nitrogens with two attached hydrogens (primary N) is 1. The molecule has 1 fully saturated rings. The van der Waals surface area contributed by atoms with Crippen molar-refractivity contribution in [2.24, 2.45) is 0 Å². The highest BCUT2D eigenvalue weighted by molar-refractivity contribution is 9.10. The molecule has 0 unspecified atom stereocenters. The highest BCUT2D eigenvalue weighted by atomic mass is 79.9. The van der Waals surface area contributed by atoms with E-state index in [-0.39, 0.29) is 6.04 Å². The Kier molecular flexibility index (Phi) is 3.20. The molecule has 3 N–H and O–H groups in total. The van der Waals surface area contributed by atoms with Gasteiger partial charge in [-0.2, -0.15) is 5.10 Å². The predicted octanol–water partition coefficient (Wildman–Crippen LogP) is 1.49. The SMILES string of the molecule is Nc1ncnc2c1c(Br)nn2C1CCN(C(=O)O)CC1. The predicted molar refractivity (Wildman–Crippen MR) is 75.3 cm³/mol. The van der Waals surface area contributed by atoms with Crippen molar-refractivity contribution in [2.45, 2.75) is 18.9 Å². The summed E-state index contributed by atoms with van der Waals surface area (Å²) in [6, 6.07) is 0.119. The van der Waals surface area contributed by atoms with E-state index in [2.05, 4.69) is 31.0 Å². The Labute approximate surface area is 122 Å². The number of nitrogens with zero attached hydrogens (tertiary/aromatic N) is 5. The van der Waals surface area contributed by atoms with E-state index < -0.39 is 6.09 Å². The Hall–Kier alpha value is -1.90. The summed E-state index contributed by atoms with van der Waals surface area (Å²) in [5.41, 5.74) is 6.52. The zero-order valence-corrected chi connectivity index (χ0v) is 12.1. The van der Waals surface area contributed by atoms with Gasteiger partial charge in [0.25, 0.3) is 0 Å². The second-order valence-corrected chi connectivity index (χ2v) is 5.44. The molecule has 0 spiro atoms. The molecule has 2 aromatic heterocycles. The van der Waals surface area contributed by atoms with Crippen LogP contribution in [0.3, 0.4) is 0 Å². The van der Waals surface area contributed by atoms with Crippen LogP contribution >= 0.6 is 15.9 Å². The summed E-state index contributed by atoms with van der Waals surface area (Å²) in [6.07, 6.45) is 1.95. The van der Waals surface area contributed by atoms with Crippen LogP contribution in [0, 0.1) is 0 Å². The third-order valence-electron chi connectivity index (χ3n) is 3.56. The molecule has 0 aliphatic carbocycles. The van der Waals surface area contributed by atoms with Crippen molar-refractivity contribution in [1.82, 2.24) is 24.6 Å². The number of carbonyl (C=O) groups is 1. The molecule has 0 aromatic carbocycles. The van der Waals surface area contributed by atoms with Gasteiger partial charge in [0.15, 0.2) is 5.65 Å². The van der Waals surface area contributed by atoms with E-state index in [1.54, 1.807) is 0 Å². The molecule has 1 saturated heterocycles. The van der Waals surface area contributed by atoms with Crippen molar-refractivity contribution in [3.63, 3.8) is 0 Å². The van der Waals surface area contributed by atoms with Crippen LogP contribution in [0.2, 0.25) is 0 Å². The lowest BCUT2D eigenvalue weighted by molar-refractivity contribution is 0.124. The maximum atomic E-state index is 10.9. The van der Waals surface area contributed by atoms with Gasteiger partial charge in [0.1, 0.15) is 16.7 Å². The molecule has 3 rings (SSSR count). The van der Waals surface area contributed by atoms with Crippen molar-refractivity contribution in [3.8, 4) is 0 Å². The minimum Gasteiger partial charge on any atom is -0.465 e. The normalized spacial score (nSPS) is 16.8. The Morgan fingerprint density at radius 2 is 2.10 bits per heavy atom. The van der Waals surface area contributed by atoms with Crippen LogP contribution in [0.4, 0.5) is 10.6 Å². The van der Waals surface area contributed by atoms with E-state index in [4.69, 9.17) is 10.8 Å². The van der Waals surface area contributed by atoms with Crippen LogP contribution in [0.15, 0.2) is 10.9 Å². The van der Waals surface area contributed by atoms with E-state index in [1.165, 1.54) is 11.2 Å². The topological polar surface area (TPSA) is 110 Å². The van der Waals surface area contributed by atoms with Crippen LogP contribution < -0.4 is 5.73 Å². The lowest BCUT2D eigenvalue weighted by Crippen LogP contribution is -2.38. The average molecular weight is 341 g/mol. The second-order valence-electron chi connectivity index (χ2n) is 4.69. The molecule has 3 heterocycles. The van der Waals surface area contributed by atoms with Crippen molar-refractivity contribution in [2.75, 3.05) is 18.8 Å². The van der Waals surface area contributed by atoms with Crippen molar-refractivity contribution in [1.29, 1.82) is 0 Å². The fourth-order valence-corrected chi connectivity index (χ4v) is 3.06. The second kappa shape index (κ2) is 4.89.